The Labute approximate surface area is 87.1 Å². The summed E-state index contributed by atoms with van der Waals surface area (Å²) in [6.07, 6.45) is 0.850. The standard InChI is InChI=1S/C10H14BrNO/c1-7-5-9(11)6-8(10(7)13)3-4-12-2/h5-6,12-13H,3-4H2,1-2H3. The molecule has 0 bridgehead atoms. The van der Waals surface area contributed by atoms with Crippen LogP contribution in [0.15, 0.2) is 16.6 Å². The summed E-state index contributed by atoms with van der Waals surface area (Å²) in [5, 5.41) is 12.8. The molecule has 0 radical (unpaired) electrons. The first-order valence-electron chi connectivity index (χ1n) is 4.27. The number of phenolic OH excluding ortho intramolecular Hbond substituents is 1. The second kappa shape index (κ2) is 4.63. The average Bonchev–Trinajstić information content (AvgIpc) is 2.09. The van der Waals surface area contributed by atoms with Gasteiger partial charge in [-0.3, -0.25) is 0 Å². The zero-order chi connectivity index (χ0) is 9.84. The number of benzene rings is 1. The predicted molar refractivity (Wildman–Crippen MR) is 58.2 cm³/mol. The summed E-state index contributed by atoms with van der Waals surface area (Å²) >= 11 is 3.41. The first-order chi connectivity index (χ1) is 6.15. The molecule has 3 heteroatoms. The van der Waals surface area contributed by atoms with Gasteiger partial charge in [-0.2, -0.15) is 0 Å². The molecule has 0 aliphatic carbocycles. The molecule has 0 amide bonds. The van der Waals surface area contributed by atoms with E-state index in [2.05, 4.69) is 21.2 Å². The fourth-order valence-electron chi connectivity index (χ4n) is 1.26. The molecule has 0 saturated heterocycles. The monoisotopic (exact) mass is 243 g/mol. The van der Waals surface area contributed by atoms with Crippen LogP contribution in [0.25, 0.3) is 0 Å². The Balaban J connectivity index is 2.92. The van der Waals surface area contributed by atoms with Crippen molar-refractivity contribution in [2.75, 3.05) is 13.6 Å². The molecule has 0 fully saturated rings. The summed E-state index contributed by atoms with van der Waals surface area (Å²) in [6.45, 7) is 2.78. The maximum Gasteiger partial charge on any atom is 0.121 e. The molecule has 1 aromatic rings. The largest absolute Gasteiger partial charge is 0.507 e. The number of halogens is 1. The Morgan fingerprint density at radius 1 is 1.46 bits per heavy atom. The van der Waals surface area contributed by atoms with Crippen LogP contribution < -0.4 is 5.32 Å². The zero-order valence-electron chi connectivity index (χ0n) is 7.89. The highest BCUT2D eigenvalue weighted by atomic mass is 79.9. The second-order valence-corrected chi connectivity index (χ2v) is 4.00. The van der Waals surface area contributed by atoms with Gasteiger partial charge in [0.25, 0.3) is 0 Å². The minimum atomic E-state index is 0.415. The molecule has 1 aromatic carbocycles. The van der Waals surface area contributed by atoms with Crippen LogP contribution in [-0.4, -0.2) is 18.7 Å². The van der Waals surface area contributed by atoms with Crippen molar-refractivity contribution in [1.29, 1.82) is 0 Å². The number of aryl methyl sites for hydroxylation is 1. The van der Waals surface area contributed by atoms with E-state index in [1.165, 1.54) is 0 Å². The van der Waals surface area contributed by atoms with Crippen LogP contribution in [0.2, 0.25) is 0 Å². The number of phenols is 1. The second-order valence-electron chi connectivity index (χ2n) is 3.08. The van der Waals surface area contributed by atoms with E-state index in [1.807, 2.05) is 26.1 Å². The van der Waals surface area contributed by atoms with Gasteiger partial charge in [-0.1, -0.05) is 15.9 Å². The van der Waals surface area contributed by atoms with Gasteiger partial charge in [-0.15, -0.1) is 0 Å². The maximum atomic E-state index is 9.70. The van der Waals surface area contributed by atoms with Gasteiger partial charge in [0.1, 0.15) is 5.75 Å². The molecule has 1 rings (SSSR count). The van der Waals surface area contributed by atoms with Crippen molar-refractivity contribution in [3.63, 3.8) is 0 Å². The van der Waals surface area contributed by atoms with Gasteiger partial charge in [0.2, 0.25) is 0 Å². The summed E-state index contributed by atoms with van der Waals surface area (Å²) in [4.78, 5) is 0. The third-order valence-electron chi connectivity index (χ3n) is 1.99. The van der Waals surface area contributed by atoms with Crippen LogP contribution in [0.4, 0.5) is 0 Å². The van der Waals surface area contributed by atoms with Crippen molar-refractivity contribution in [2.45, 2.75) is 13.3 Å². The Morgan fingerprint density at radius 2 is 2.15 bits per heavy atom. The highest BCUT2D eigenvalue weighted by molar-refractivity contribution is 9.10. The van der Waals surface area contributed by atoms with E-state index in [4.69, 9.17) is 0 Å². The molecule has 72 valence electrons. The Hall–Kier alpha value is -0.540. The third-order valence-corrected chi connectivity index (χ3v) is 2.45. The summed E-state index contributed by atoms with van der Waals surface area (Å²) in [6, 6.07) is 3.87. The van der Waals surface area contributed by atoms with Crippen LogP contribution in [0.1, 0.15) is 11.1 Å². The lowest BCUT2D eigenvalue weighted by molar-refractivity contribution is 0.463. The average molecular weight is 244 g/mol. The van der Waals surface area contributed by atoms with Crippen molar-refractivity contribution < 1.29 is 5.11 Å². The molecule has 0 spiro atoms. The first kappa shape index (κ1) is 10.5. The number of likely N-dealkylation sites (N-methyl/N-ethyl adjacent to an activating group) is 1. The van der Waals surface area contributed by atoms with Crippen molar-refractivity contribution in [2.24, 2.45) is 0 Å². The van der Waals surface area contributed by atoms with Gasteiger partial charge in [0.15, 0.2) is 0 Å². The molecular weight excluding hydrogens is 230 g/mol. The molecule has 2 nitrogen and oxygen atoms in total. The SMILES string of the molecule is CNCCc1cc(Br)cc(C)c1O. The molecule has 0 unspecified atom stereocenters. The van der Waals surface area contributed by atoms with Crippen molar-refractivity contribution in [3.8, 4) is 5.75 Å². The topological polar surface area (TPSA) is 32.3 Å². The number of hydrogen-bond acceptors (Lipinski definition) is 2. The van der Waals surface area contributed by atoms with E-state index in [0.29, 0.717) is 5.75 Å². The van der Waals surface area contributed by atoms with Crippen LogP contribution in [0, 0.1) is 6.92 Å². The van der Waals surface area contributed by atoms with Crippen molar-refractivity contribution in [1.82, 2.24) is 5.32 Å². The quantitative estimate of drug-likeness (QED) is 0.854. The van der Waals surface area contributed by atoms with E-state index in [1.54, 1.807) is 0 Å². The molecule has 0 aromatic heterocycles. The molecular formula is C10H14BrNO. The molecule has 0 aliphatic rings. The number of rotatable bonds is 3. The number of nitrogens with one attached hydrogen (secondary N) is 1. The van der Waals surface area contributed by atoms with E-state index in [-0.39, 0.29) is 0 Å². The number of aromatic hydroxyl groups is 1. The minimum Gasteiger partial charge on any atom is -0.507 e. The first-order valence-corrected chi connectivity index (χ1v) is 5.07. The fourth-order valence-corrected chi connectivity index (χ4v) is 1.87. The van der Waals surface area contributed by atoms with Gasteiger partial charge in [0, 0.05) is 4.47 Å². The van der Waals surface area contributed by atoms with Gasteiger partial charge < -0.3 is 10.4 Å². The lowest BCUT2D eigenvalue weighted by Gasteiger charge is -2.07. The highest BCUT2D eigenvalue weighted by Crippen LogP contribution is 2.26. The maximum absolute atomic E-state index is 9.70. The predicted octanol–water partition coefficient (Wildman–Crippen LogP) is 2.23. The number of hydrogen-bond donors (Lipinski definition) is 2. The molecule has 13 heavy (non-hydrogen) atoms. The summed E-state index contributed by atoms with van der Waals surface area (Å²) in [5.74, 6) is 0.415. The summed E-state index contributed by atoms with van der Waals surface area (Å²) in [7, 11) is 1.90. The van der Waals surface area contributed by atoms with Gasteiger partial charge in [-0.05, 0) is 50.2 Å². The van der Waals surface area contributed by atoms with E-state index in [0.717, 1.165) is 28.6 Å². The Morgan fingerprint density at radius 3 is 2.77 bits per heavy atom. The molecule has 0 heterocycles. The van der Waals surface area contributed by atoms with Crippen LogP contribution in [0.3, 0.4) is 0 Å². The Bertz CT molecular complexity index is 299. The van der Waals surface area contributed by atoms with Crippen molar-refractivity contribution in [3.05, 3.63) is 27.7 Å². The summed E-state index contributed by atoms with van der Waals surface area (Å²) < 4.78 is 1.02. The fraction of sp³-hybridized carbons (Fsp3) is 0.400. The lowest BCUT2D eigenvalue weighted by Crippen LogP contribution is -2.10. The molecule has 0 atom stereocenters. The normalized spacial score (nSPS) is 10.4. The summed E-state index contributed by atoms with van der Waals surface area (Å²) in [5.41, 5.74) is 1.90. The lowest BCUT2D eigenvalue weighted by atomic mass is 10.1. The van der Waals surface area contributed by atoms with Crippen LogP contribution >= 0.6 is 15.9 Å². The molecule has 2 N–H and O–H groups in total. The Kier molecular flexibility index (Phi) is 3.75. The molecule has 0 saturated carbocycles. The van der Waals surface area contributed by atoms with Gasteiger partial charge >= 0.3 is 0 Å². The zero-order valence-corrected chi connectivity index (χ0v) is 9.48. The van der Waals surface area contributed by atoms with E-state index < -0.39 is 0 Å². The van der Waals surface area contributed by atoms with Crippen LogP contribution in [-0.2, 0) is 6.42 Å². The van der Waals surface area contributed by atoms with E-state index in [9.17, 15) is 5.11 Å². The van der Waals surface area contributed by atoms with Crippen LogP contribution in [0.5, 0.6) is 5.75 Å². The smallest absolute Gasteiger partial charge is 0.121 e. The highest BCUT2D eigenvalue weighted by Gasteiger charge is 2.04. The van der Waals surface area contributed by atoms with Gasteiger partial charge in [-0.25, -0.2) is 0 Å². The molecule has 0 aliphatic heterocycles. The minimum absolute atomic E-state index is 0.415. The van der Waals surface area contributed by atoms with Gasteiger partial charge in [0.05, 0.1) is 0 Å². The van der Waals surface area contributed by atoms with Crippen molar-refractivity contribution >= 4 is 15.9 Å². The third kappa shape index (κ3) is 2.71. The van der Waals surface area contributed by atoms with E-state index >= 15 is 0 Å².